The molecule has 1 atom stereocenters. The zero-order valence-electron chi connectivity index (χ0n) is 14.6. The number of fused-ring (bicyclic) bond motifs is 1. The van der Waals surface area contributed by atoms with E-state index in [0.29, 0.717) is 18.8 Å². The largest absolute Gasteiger partial charge is 0.376 e. The molecule has 1 fully saturated rings. The molecule has 1 aromatic carbocycles. The molecule has 4 nitrogen and oxygen atoms in total. The second-order valence-corrected chi connectivity index (χ2v) is 9.15. The molecule has 0 saturated carbocycles. The fourth-order valence-corrected chi connectivity index (χ4v) is 5.00. The summed E-state index contributed by atoms with van der Waals surface area (Å²) in [6.07, 6.45) is 2.24. The molecule has 1 saturated heterocycles. The molecule has 4 rings (SSSR count). The maximum Gasteiger partial charge on any atom is 0.268 e. The third kappa shape index (κ3) is 3.59. The third-order valence-corrected chi connectivity index (χ3v) is 6.47. The summed E-state index contributed by atoms with van der Waals surface area (Å²) in [5.41, 5.74) is 4.25. The number of ether oxygens (including phenoxy) is 1. The van der Waals surface area contributed by atoms with Crippen LogP contribution in [0.15, 0.2) is 40.2 Å². The van der Waals surface area contributed by atoms with E-state index in [9.17, 15) is 4.79 Å². The molecule has 0 spiro atoms. The van der Waals surface area contributed by atoms with Crippen LogP contribution in [0.4, 0.5) is 0 Å². The molecule has 3 heterocycles. The summed E-state index contributed by atoms with van der Waals surface area (Å²) in [5, 5.41) is 3.06. The van der Waals surface area contributed by atoms with Crippen LogP contribution in [0.2, 0.25) is 0 Å². The summed E-state index contributed by atoms with van der Waals surface area (Å²) in [6.45, 7) is 4.17. The molecule has 3 aromatic rings. The highest BCUT2D eigenvalue weighted by atomic mass is 79.9. The highest BCUT2D eigenvalue weighted by molar-refractivity contribution is 9.11. The molecule has 0 aliphatic carbocycles. The van der Waals surface area contributed by atoms with Gasteiger partial charge in [0.15, 0.2) is 0 Å². The third-order valence-electron chi connectivity index (χ3n) is 4.90. The van der Waals surface area contributed by atoms with Gasteiger partial charge in [0.25, 0.3) is 5.91 Å². The highest BCUT2D eigenvalue weighted by Crippen LogP contribution is 2.33. The van der Waals surface area contributed by atoms with E-state index in [4.69, 9.17) is 4.74 Å². The lowest BCUT2D eigenvalue weighted by atomic mass is 10.1. The van der Waals surface area contributed by atoms with Crippen LogP contribution >= 0.6 is 27.3 Å². The van der Waals surface area contributed by atoms with E-state index in [1.165, 1.54) is 11.1 Å². The van der Waals surface area contributed by atoms with Gasteiger partial charge < -0.3 is 14.6 Å². The number of amides is 1. The molecule has 0 bridgehead atoms. The van der Waals surface area contributed by atoms with Crippen LogP contribution in [-0.4, -0.2) is 29.7 Å². The first-order valence-corrected chi connectivity index (χ1v) is 10.5. The molecule has 0 radical (unpaired) electrons. The van der Waals surface area contributed by atoms with E-state index < -0.39 is 0 Å². The van der Waals surface area contributed by atoms with Crippen molar-refractivity contribution in [1.82, 2.24) is 9.88 Å². The number of nitrogens with zero attached hydrogens (tertiary/aromatic N) is 1. The molecule has 1 amide bonds. The van der Waals surface area contributed by atoms with Crippen molar-refractivity contribution in [2.45, 2.75) is 32.4 Å². The first-order chi connectivity index (χ1) is 12.6. The second kappa shape index (κ2) is 7.55. The maximum absolute atomic E-state index is 12.9. The molecule has 1 aliphatic heterocycles. The molecule has 6 heteroatoms. The number of carbonyl (C=O) groups excluding carboxylic acids is 1. The Kier molecular flexibility index (Phi) is 5.16. The SMILES string of the molecule is Cc1ccccc1Cn1c(C(=O)NC[C@H]2CCCO2)cc2sc(Br)cc21. The van der Waals surface area contributed by atoms with Gasteiger partial charge in [-0.2, -0.15) is 0 Å². The van der Waals surface area contributed by atoms with Crippen molar-refractivity contribution >= 4 is 43.4 Å². The van der Waals surface area contributed by atoms with Gasteiger partial charge in [-0.3, -0.25) is 4.79 Å². The predicted octanol–water partition coefficient (Wildman–Crippen LogP) is 4.73. The number of hydrogen-bond acceptors (Lipinski definition) is 3. The van der Waals surface area contributed by atoms with Crippen LogP contribution in [-0.2, 0) is 11.3 Å². The summed E-state index contributed by atoms with van der Waals surface area (Å²) in [6, 6.07) is 12.4. The topological polar surface area (TPSA) is 43.3 Å². The molecular formula is C20H21BrN2O2S. The zero-order chi connectivity index (χ0) is 18.1. The lowest BCUT2D eigenvalue weighted by Crippen LogP contribution is -2.33. The normalized spacial score (nSPS) is 17.1. The van der Waals surface area contributed by atoms with Crippen LogP contribution in [0, 0.1) is 6.92 Å². The van der Waals surface area contributed by atoms with Crippen LogP contribution in [0.5, 0.6) is 0 Å². The first-order valence-electron chi connectivity index (χ1n) is 8.84. The molecule has 2 aromatic heterocycles. The van der Waals surface area contributed by atoms with Crippen molar-refractivity contribution in [2.75, 3.05) is 13.2 Å². The van der Waals surface area contributed by atoms with Gasteiger partial charge in [0.2, 0.25) is 0 Å². The van der Waals surface area contributed by atoms with E-state index in [1.54, 1.807) is 11.3 Å². The van der Waals surface area contributed by atoms with Crippen molar-refractivity contribution in [1.29, 1.82) is 0 Å². The first kappa shape index (κ1) is 17.8. The number of carbonyl (C=O) groups is 1. The van der Waals surface area contributed by atoms with Gasteiger partial charge in [-0.1, -0.05) is 24.3 Å². The van der Waals surface area contributed by atoms with Crippen molar-refractivity contribution in [3.05, 3.63) is 57.0 Å². The quantitative estimate of drug-likeness (QED) is 0.632. The Labute approximate surface area is 165 Å². The van der Waals surface area contributed by atoms with Crippen molar-refractivity contribution in [2.24, 2.45) is 0 Å². The smallest absolute Gasteiger partial charge is 0.268 e. The summed E-state index contributed by atoms with van der Waals surface area (Å²) in [5.74, 6) is -0.0337. The second-order valence-electron chi connectivity index (χ2n) is 6.69. The number of aryl methyl sites for hydroxylation is 1. The standard InChI is InChI=1S/C20H21BrN2O2S/c1-13-5-2-3-6-14(13)12-23-16-10-19(21)26-18(16)9-17(23)20(24)22-11-15-7-4-8-25-15/h2-3,5-6,9-10,15H,4,7-8,11-12H2,1H3,(H,22,24)/t15-/m1/s1. The fourth-order valence-electron chi connectivity index (χ4n) is 3.43. The Morgan fingerprint density at radius 1 is 1.38 bits per heavy atom. The number of nitrogens with one attached hydrogen (secondary N) is 1. The van der Waals surface area contributed by atoms with Crippen LogP contribution in [0.3, 0.4) is 0 Å². The number of hydrogen-bond donors (Lipinski definition) is 1. The molecule has 136 valence electrons. The Balaban J connectivity index is 1.64. The monoisotopic (exact) mass is 432 g/mol. The highest BCUT2D eigenvalue weighted by Gasteiger charge is 2.21. The summed E-state index contributed by atoms with van der Waals surface area (Å²) >= 11 is 5.22. The fraction of sp³-hybridized carbons (Fsp3) is 0.350. The van der Waals surface area contributed by atoms with Gasteiger partial charge in [-0.05, 0) is 59.0 Å². The van der Waals surface area contributed by atoms with Gasteiger partial charge in [-0.15, -0.1) is 11.3 Å². The minimum atomic E-state index is -0.0337. The van der Waals surface area contributed by atoms with Crippen molar-refractivity contribution in [3.63, 3.8) is 0 Å². The molecule has 0 unspecified atom stereocenters. The molecule has 1 N–H and O–H groups in total. The van der Waals surface area contributed by atoms with E-state index in [0.717, 1.165) is 33.5 Å². The predicted molar refractivity (Wildman–Crippen MR) is 109 cm³/mol. The minimum Gasteiger partial charge on any atom is -0.376 e. The van der Waals surface area contributed by atoms with E-state index >= 15 is 0 Å². The van der Waals surface area contributed by atoms with E-state index in [1.807, 2.05) is 18.2 Å². The average molecular weight is 433 g/mol. The lowest BCUT2D eigenvalue weighted by Gasteiger charge is -2.14. The maximum atomic E-state index is 12.9. The Bertz CT molecular complexity index is 941. The van der Waals surface area contributed by atoms with Gasteiger partial charge in [0.05, 0.1) is 20.1 Å². The van der Waals surface area contributed by atoms with Crippen molar-refractivity contribution < 1.29 is 9.53 Å². The molecule has 26 heavy (non-hydrogen) atoms. The Hall–Kier alpha value is -1.63. The number of rotatable bonds is 5. The lowest BCUT2D eigenvalue weighted by molar-refractivity contribution is 0.0851. The van der Waals surface area contributed by atoms with Gasteiger partial charge in [0, 0.05) is 19.7 Å². The van der Waals surface area contributed by atoms with Crippen LogP contribution in [0.25, 0.3) is 10.2 Å². The summed E-state index contributed by atoms with van der Waals surface area (Å²) < 4.78 is 9.92. The Morgan fingerprint density at radius 2 is 2.23 bits per heavy atom. The van der Waals surface area contributed by atoms with E-state index in [2.05, 4.69) is 50.9 Å². The number of aromatic nitrogens is 1. The number of thiophene rings is 1. The summed E-state index contributed by atoms with van der Waals surface area (Å²) in [7, 11) is 0. The van der Waals surface area contributed by atoms with Crippen LogP contribution < -0.4 is 5.32 Å². The van der Waals surface area contributed by atoms with Crippen molar-refractivity contribution in [3.8, 4) is 0 Å². The number of halogens is 1. The zero-order valence-corrected chi connectivity index (χ0v) is 17.0. The van der Waals surface area contributed by atoms with Gasteiger partial charge in [-0.25, -0.2) is 0 Å². The van der Waals surface area contributed by atoms with Gasteiger partial charge >= 0.3 is 0 Å². The van der Waals surface area contributed by atoms with Gasteiger partial charge in [0.1, 0.15) is 5.69 Å². The van der Waals surface area contributed by atoms with Crippen LogP contribution in [0.1, 0.15) is 34.5 Å². The molecular weight excluding hydrogens is 412 g/mol. The Morgan fingerprint density at radius 3 is 3.00 bits per heavy atom. The minimum absolute atomic E-state index is 0.0337. The summed E-state index contributed by atoms with van der Waals surface area (Å²) in [4.78, 5) is 12.9. The number of benzene rings is 1. The van der Waals surface area contributed by atoms with E-state index in [-0.39, 0.29) is 12.0 Å². The average Bonchev–Trinajstić information content (AvgIpc) is 3.32. The molecule has 1 aliphatic rings.